The number of hydrogen-bond donors (Lipinski definition) is 1. The van der Waals surface area contributed by atoms with Crippen LogP contribution < -0.4 is 14.4 Å². The van der Waals surface area contributed by atoms with Gasteiger partial charge in [-0.1, -0.05) is 12.1 Å². The van der Waals surface area contributed by atoms with Crippen molar-refractivity contribution in [3.8, 4) is 5.75 Å². The average Bonchev–Trinajstić information content (AvgIpc) is 2.60. The molecule has 0 aromatic heterocycles. The minimum Gasteiger partial charge on any atom is -0.487 e. The van der Waals surface area contributed by atoms with Crippen molar-refractivity contribution in [1.82, 2.24) is 5.32 Å². The molecule has 0 spiro atoms. The molecule has 1 N–H and O–H groups in total. The summed E-state index contributed by atoms with van der Waals surface area (Å²) in [5, 5.41) is 2.86. The predicted octanol–water partition coefficient (Wildman–Crippen LogP) is 3.46. The van der Waals surface area contributed by atoms with Crippen LogP contribution in [0.25, 0.3) is 0 Å². The third kappa shape index (κ3) is 4.89. The maximum atomic E-state index is 13.6. The van der Waals surface area contributed by atoms with Crippen LogP contribution in [-0.2, 0) is 14.8 Å². The van der Waals surface area contributed by atoms with Gasteiger partial charge in [0.15, 0.2) is 11.6 Å². The van der Waals surface area contributed by atoms with Crippen LogP contribution in [0.1, 0.15) is 37.4 Å². The first-order valence-corrected chi connectivity index (χ1v) is 11.2. The van der Waals surface area contributed by atoms with Crippen molar-refractivity contribution in [2.24, 2.45) is 0 Å². The molecule has 0 radical (unpaired) electrons. The molecule has 3 rings (SSSR count). The fourth-order valence-electron chi connectivity index (χ4n) is 3.50. The van der Waals surface area contributed by atoms with Gasteiger partial charge in [0.05, 0.1) is 18.0 Å². The smallest absolute Gasteiger partial charge is 0.241 e. The summed E-state index contributed by atoms with van der Waals surface area (Å²) in [5.41, 5.74) is 1.15. The van der Waals surface area contributed by atoms with Crippen molar-refractivity contribution in [3.63, 3.8) is 0 Å². The minimum absolute atomic E-state index is 0.130. The van der Waals surface area contributed by atoms with Crippen molar-refractivity contribution < 1.29 is 26.7 Å². The number of anilines is 1. The molecular formula is C21H24F2N2O4S. The van der Waals surface area contributed by atoms with Crippen LogP contribution in [-0.4, -0.2) is 32.7 Å². The molecule has 1 aliphatic heterocycles. The van der Waals surface area contributed by atoms with Crippen molar-refractivity contribution in [2.75, 3.05) is 17.1 Å². The van der Waals surface area contributed by atoms with Gasteiger partial charge in [-0.2, -0.15) is 0 Å². The summed E-state index contributed by atoms with van der Waals surface area (Å²) in [6.45, 7) is 5.18. The van der Waals surface area contributed by atoms with Crippen LogP contribution >= 0.6 is 0 Å². The lowest BCUT2D eigenvalue weighted by Crippen LogP contribution is -2.45. The molecule has 0 bridgehead atoms. The molecule has 30 heavy (non-hydrogen) atoms. The van der Waals surface area contributed by atoms with Crippen LogP contribution in [0.4, 0.5) is 14.5 Å². The molecular weight excluding hydrogens is 414 g/mol. The van der Waals surface area contributed by atoms with Gasteiger partial charge in [0, 0.05) is 18.1 Å². The lowest BCUT2D eigenvalue weighted by molar-refractivity contribution is -0.120. The Labute approximate surface area is 174 Å². The summed E-state index contributed by atoms with van der Waals surface area (Å²) < 4.78 is 58.0. The monoisotopic (exact) mass is 438 g/mol. The number of nitrogens with one attached hydrogen (secondary N) is 1. The van der Waals surface area contributed by atoms with Crippen molar-refractivity contribution in [2.45, 2.75) is 38.8 Å². The number of ether oxygens (including phenoxy) is 1. The summed E-state index contributed by atoms with van der Waals surface area (Å²) >= 11 is 0. The van der Waals surface area contributed by atoms with Gasteiger partial charge in [-0.25, -0.2) is 17.2 Å². The zero-order valence-corrected chi connectivity index (χ0v) is 18.0. The van der Waals surface area contributed by atoms with E-state index in [4.69, 9.17) is 4.74 Å². The van der Waals surface area contributed by atoms with Crippen molar-refractivity contribution in [1.29, 1.82) is 0 Å². The van der Waals surface area contributed by atoms with Crippen LogP contribution in [0, 0.1) is 18.6 Å². The normalized spacial score (nSPS) is 17.6. The molecule has 1 heterocycles. The first-order chi connectivity index (χ1) is 13.9. The molecule has 0 saturated carbocycles. The van der Waals surface area contributed by atoms with E-state index in [1.807, 2.05) is 39.0 Å². The van der Waals surface area contributed by atoms with Crippen molar-refractivity contribution in [3.05, 3.63) is 59.2 Å². The van der Waals surface area contributed by atoms with Gasteiger partial charge < -0.3 is 10.1 Å². The Kier molecular flexibility index (Phi) is 5.77. The van der Waals surface area contributed by atoms with Gasteiger partial charge >= 0.3 is 0 Å². The molecule has 0 unspecified atom stereocenters. The molecule has 0 aliphatic carbocycles. The van der Waals surface area contributed by atoms with Crippen LogP contribution in [0.3, 0.4) is 0 Å². The first kappa shape index (κ1) is 22.0. The number of fused-ring (bicyclic) bond motifs is 1. The Hall–Kier alpha value is -2.68. The van der Waals surface area contributed by atoms with E-state index in [2.05, 4.69) is 5.32 Å². The molecule has 2 aromatic rings. The van der Waals surface area contributed by atoms with E-state index >= 15 is 0 Å². The van der Waals surface area contributed by atoms with E-state index < -0.39 is 39.7 Å². The number of aryl methyl sites for hydroxylation is 1. The van der Waals surface area contributed by atoms with Gasteiger partial charge in [0.2, 0.25) is 15.9 Å². The number of sulfonamides is 1. The van der Waals surface area contributed by atoms with Gasteiger partial charge in [0.25, 0.3) is 0 Å². The van der Waals surface area contributed by atoms with E-state index in [1.165, 1.54) is 0 Å². The largest absolute Gasteiger partial charge is 0.487 e. The van der Waals surface area contributed by atoms with Gasteiger partial charge in [0.1, 0.15) is 17.9 Å². The molecule has 0 fully saturated rings. The van der Waals surface area contributed by atoms with E-state index in [0.29, 0.717) is 12.2 Å². The standard InChI is InChI=1S/C21H24F2N2O4S/c1-13-5-7-15-18(11-21(2,3)29-19(15)9-13)24-20(26)12-25(30(4,27)28)14-6-8-16(22)17(23)10-14/h5-10,18H,11-12H2,1-4H3,(H,24,26)/t18-/m0/s1. The molecule has 1 amide bonds. The minimum atomic E-state index is -3.91. The maximum absolute atomic E-state index is 13.6. The Morgan fingerprint density at radius 1 is 1.20 bits per heavy atom. The molecule has 1 aliphatic rings. The fourth-order valence-corrected chi connectivity index (χ4v) is 4.35. The maximum Gasteiger partial charge on any atom is 0.241 e. The number of carbonyl (C=O) groups excluding carboxylic acids is 1. The highest BCUT2D eigenvalue weighted by atomic mass is 32.2. The van der Waals surface area contributed by atoms with E-state index in [9.17, 15) is 22.0 Å². The first-order valence-electron chi connectivity index (χ1n) is 9.37. The molecule has 1 atom stereocenters. The highest BCUT2D eigenvalue weighted by molar-refractivity contribution is 7.92. The zero-order valence-electron chi connectivity index (χ0n) is 17.2. The SMILES string of the molecule is Cc1ccc2c(c1)OC(C)(C)C[C@@H]2NC(=O)CN(c1ccc(F)c(F)c1)S(C)(=O)=O. The highest BCUT2D eigenvalue weighted by Crippen LogP contribution is 2.39. The quantitative estimate of drug-likeness (QED) is 0.776. The summed E-state index contributed by atoms with van der Waals surface area (Å²) in [5.74, 6) is -2.21. The number of halogens is 2. The third-order valence-corrected chi connectivity index (χ3v) is 5.98. The number of amides is 1. The number of rotatable bonds is 5. The molecule has 162 valence electrons. The molecule has 9 heteroatoms. The van der Waals surface area contributed by atoms with Gasteiger partial charge in [-0.3, -0.25) is 9.10 Å². The average molecular weight is 438 g/mol. The Morgan fingerprint density at radius 3 is 2.53 bits per heavy atom. The molecule has 2 aromatic carbocycles. The van der Waals surface area contributed by atoms with Crippen molar-refractivity contribution >= 4 is 21.6 Å². The zero-order chi connectivity index (χ0) is 22.3. The number of nitrogens with zero attached hydrogens (tertiary/aromatic N) is 1. The third-order valence-electron chi connectivity index (χ3n) is 4.84. The molecule has 0 saturated heterocycles. The lowest BCUT2D eigenvalue weighted by atomic mass is 9.89. The Morgan fingerprint density at radius 2 is 1.90 bits per heavy atom. The second-order valence-electron chi connectivity index (χ2n) is 8.10. The van der Waals surface area contributed by atoms with Crippen LogP contribution in [0.2, 0.25) is 0 Å². The van der Waals surface area contributed by atoms with Crippen LogP contribution in [0.15, 0.2) is 36.4 Å². The summed E-state index contributed by atoms with van der Waals surface area (Å²) in [7, 11) is -3.91. The fraction of sp³-hybridized carbons (Fsp3) is 0.381. The molecule has 6 nitrogen and oxygen atoms in total. The van der Waals surface area contributed by atoms with Crippen LogP contribution in [0.5, 0.6) is 5.75 Å². The van der Waals surface area contributed by atoms with Gasteiger partial charge in [-0.05, 0) is 44.5 Å². The number of carbonyl (C=O) groups is 1. The second-order valence-corrected chi connectivity index (χ2v) is 10.0. The Bertz CT molecular complexity index is 1090. The topological polar surface area (TPSA) is 75.7 Å². The second kappa shape index (κ2) is 7.86. The van der Waals surface area contributed by atoms with E-state index in [-0.39, 0.29) is 11.7 Å². The van der Waals surface area contributed by atoms with Gasteiger partial charge in [-0.15, -0.1) is 0 Å². The summed E-state index contributed by atoms with van der Waals surface area (Å²) in [4.78, 5) is 12.8. The highest BCUT2D eigenvalue weighted by Gasteiger charge is 2.35. The van der Waals surface area contributed by atoms with E-state index in [1.54, 1.807) is 0 Å². The lowest BCUT2D eigenvalue weighted by Gasteiger charge is -2.38. The summed E-state index contributed by atoms with van der Waals surface area (Å²) in [6.07, 6.45) is 1.38. The Balaban J connectivity index is 1.85. The predicted molar refractivity (Wildman–Crippen MR) is 110 cm³/mol. The van der Waals surface area contributed by atoms with E-state index in [0.717, 1.165) is 39.9 Å². The number of hydrogen-bond acceptors (Lipinski definition) is 4. The number of benzene rings is 2. The summed E-state index contributed by atoms with van der Waals surface area (Å²) in [6, 6.07) is 7.96.